The average molecular weight is 302 g/mol. The first-order valence-corrected chi connectivity index (χ1v) is 7.42. The van der Waals surface area contributed by atoms with Crippen molar-refractivity contribution >= 4 is 13.2 Å². The van der Waals surface area contributed by atoms with E-state index < -0.39 is 12.7 Å². The molecule has 8 heteroatoms. The maximum Gasteiger partial charge on any atom is 0.459 e. The Balaban J connectivity index is 2.25. The van der Waals surface area contributed by atoms with Gasteiger partial charge in [-0.2, -0.15) is 0 Å². The molecule has 3 N–H and O–H groups in total. The third kappa shape index (κ3) is 7.13. The minimum atomic E-state index is -0.881. The van der Waals surface area contributed by atoms with Crippen LogP contribution in [0.3, 0.4) is 0 Å². The molecule has 122 valence electrons. The number of carbonyl (C=O) groups excluding carboxylic acids is 1. The van der Waals surface area contributed by atoms with Crippen molar-refractivity contribution in [2.45, 2.75) is 38.6 Å². The topological polar surface area (TPSA) is 91.3 Å². The molecular weight excluding hydrogens is 275 g/mol. The largest absolute Gasteiger partial charge is 0.459 e. The van der Waals surface area contributed by atoms with Crippen molar-refractivity contribution in [1.29, 1.82) is 0 Å². The second kappa shape index (κ2) is 8.58. The van der Waals surface area contributed by atoms with Crippen molar-refractivity contribution in [3.8, 4) is 0 Å². The first kappa shape index (κ1) is 18.2. The molecule has 0 radical (unpaired) electrons. The third-order valence-electron chi connectivity index (χ3n) is 3.14. The fraction of sp³-hybridized carbons (Fsp3) is 0.923. The highest BCUT2D eigenvalue weighted by Gasteiger charge is 2.37. The van der Waals surface area contributed by atoms with Gasteiger partial charge in [-0.05, 0) is 27.2 Å². The van der Waals surface area contributed by atoms with Crippen LogP contribution < -0.4 is 5.32 Å². The fourth-order valence-corrected chi connectivity index (χ4v) is 2.10. The van der Waals surface area contributed by atoms with Crippen LogP contribution in [0, 0.1) is 0 Å². The highest BCUT2D eigenvalue weighted by atomic mass is 16.6. The highest BCUT2D eigenvalue weighted by Crippen LogP contribution is 2.25. The molecule has 1 saturated heterocycles. The Kier molecular flexibility index (Phi) is 7.44. The number of rotatable bonds is 7. The molecule has 1 unspecified atom stereocenters. The normalized spacial score (nSPS) is 18.9. The van der Waals surface area contributed by atoms with Crippen LogP contribution in [0.4, 0.5) is 4.79 Å². The Bertz CT molecular complexity index is 324. The van der Waals surface area contributed by atoms with E-state index in [1.807, 2.05) is 20.8 Å². The van der Waals surface area contributed by atoms with Crippen LogP contribution >= 0.6 is 0 Å². The van der Waals surface area contributed by atoms with Gasteiger partial charge in [-0.15, -0.1) is 0 Å². The molecule has 0 spiro atoms. The van der Waals surface area contributed by atoms with Gasteiger partial charge < -0.3 is 29.7 Å². The molecule has 21 heavy (non-hydrogen) atoms. The Morgan fingerprint density at radius 3 is 2.76 bits per heavy atom. The van der Waals surface area contributed by atoms with Crippen molar-refractivity contribution in [3.63, 3.8) is 0 Å². The summed E-state index contributed by atoms with van der Waals surface area (Å²) in [7, 11) is -0.881. The first-order chi connectivity index (χ1) is 9.83. The van der Waals surface area contributed by atoms with Crippen LogP contribution in [0.2, 0.25) is 5.82 Å². The van der Waals surface area contributed by atoms with E-state index in [1.54, 1.807) is 4.90 Å². The van der Waals surface area contributed by atoms with Crippen molar-refractivity contribution in [3.05, 3.63) is 0 Å². The number of aliphatic hydroxyl groups is 1. The monoisotopic (exact) mass is 302 g/mol. The Hall–Kier alpha value is -0.825. The molecule has 0 aromatic heterocycles. The van der Waals surface area contributed by atoms with Gasteiger partial charge in [0.2, 0.25) is 0 Å². The number of hydrogen-bond acceptors (Lipinski definition) is 6. The average Bonchev–Trinajstić information content (AvgIpc) is 2.86. The summed E-state index contributed by atoms with van der Waals surface area (Å²) < 4.78 is 10.6. The van der Waals surface area contributed by atoms with Crippen LogP contribution in [-0.4, -0.2) is 73.2 Å². The number of carbonyl (C=O) groups is 1. The van der Waals surface area contributed by atoms with Gasteiger partial charge in [0.15, 0.2) is 0 Å². The number of likely N-dealkylation sites (tertiary alicyclic amines) is 1. The van der Waals surface area contributed by atoms with Crippen LogP contribution in [0.5, 0.6) is 0 Å². The molecule has 1 aliphatic rings. The number of ether oxygens (including phenoxy) is 1. The van der Waals surface area contributed by atoms with E-state index in [2.05, 4.69) is 5.32 Å². The lowest BCUT2D eigenvalue weighted by Crippen LogP contribution is -2.36. The summed E-state index contributed by atoms with van der Waals surface area (Å²) in [6.07, 6.45) is 0.353. The van der Waals surface area contributed by atoms with E-state index in [0.29, 0.717) is 39.2 Å². The van der Waals surface area contributed by atoms with E-state index >= 15 is 0 Å². The summed E-state index contributed by atoms with van der Waals surface area (Å²) in [5.41, 5.74) is -0.511. The zero-order valence-corrected chi connectivity index (χ0v) is 13.2. The summed E-state index contributed by atoms with van der Waals surface area (Å²) in [6.45, 7) is 8.03. The van der Waals surface area contributed by atoms with Gasteiger partial charge in [0, 0.05) is 38.6 Å². The molecule has 0 bridgehead atoms. The molecule has 1 rings (SSSR count). The molecule has 1 amide bonds. The summed E-state index contributed by atoms with van der Waals surface area (Å²) in [4.78, 5) is 13.5. The summed E-state index contributed by atoms with van der Waals surface area (Å²) in [5.74, 6) is -0.0876. The molecule has 1 heterocycles. The highest BCUT2D eigenvalue weighted by molar-refractivity contribution is 6.45. The van der Waals surface area contributed by atoms with E-state index in [1.165, 1.54) is 0 Å². The molecule has 0 saturated carbocycles. The van der Waals surface area contributed by atoms with Gasteiger partial charge in [-0.25, -0.2) is 4.79 Å². The second-order valence-corrected chi connectivity index (χ2v) is 6.21. The quantitative estimate of drug-likeness (QED) is 0.455. The van der Waals surface area contributed by atoms with Gasteiger partial charge >= 0.3 is 13.2 Å². The molecule has 0 aliphatic carbocycles. The van der Waals surface area contributed by atoms with Gasteiger partial charge in [0.1, 0.15) is 5.60 Å². The lowest BCUT2D eigenvalue weighted by atomic mass is 9.72. The van der Waals surface area contributed by atoms with Gasteiger partial charge in [-0.1, -0.05) is 0 Å². The molecule has 7 nitrogen and oxygen atoms in total. The number of nitrogens with zero attached hydrogens (tertiary/aromatic N) is 1. The summed E-state index contributed by atoms with van der Waals surface area (Å²) >= 11 is 0. The minimum absolute atomic E-state index is 0.0794. The lowest BCUT2D eigenvalue weighted by molar-refractivity contribution is 0.0294. The van der Waals surface area contributed by atoms with Gasteiger partial charge in [0.25, 0.3) is 0 Å². The molecule has 1 atom stereocenters. The van der Waals surface area contributed by atoms with Crippen molar-refractivity contribution in [2.75, 3.05) is 39.4 Å². The summed E-state index contributed by atoms with van der Waals surface area (Å²) in [5, 5.41) is 21.5. The molecule has 0 aromatic carbocycles. The van der Waals surface area contributed by atoms with E-state index in [-0.39, 0.29) is 18.5 Å². The maximum atomic E-state index is 11.9. The molecule has 0 aromatic rings. The lowest BCUT2D eigenvalue weighted by Gasteiger charge is -2.24. The van der Waals surface area contributed by atoms with Crippen LogP contribution in [-0.2, 0) is 9.39 Å². The zero-order chi connectivity index (χ0) is 15.9. The minimum Gasteiger partial charge on any atom is -0.444 e. The molecule has 1 aliphatic heterocycles. The smallest absolute Gasteiger partial charge is 0.444 e. The number of nitrogens with one attached hydrogen (secondary N) is 1. The van der Waals surface area contributed by atoms with E-state index in [4.69, 9.17) is 14.5 Å². The SMILES string of the molecule is CC(C)(C)OC(=O)N1CCC(B(O)OCCNCCO)C1. The molecule has 1 fully saturated rings. The predicted molar refractivity (Wildman–Crippen MR) is 80.1 cm³/mol. The first-order valence-electron chi connectivity index (χ1n) is 7.42. The van der Waals surface area contributed by atoms with Gasteiger partial charge in [0.05, 0.1) is 6.61 Å². The third-order valence-corrected chi connectivity index (χ3v) is 3.14. The fourth-order valence-electron chi connectivity index (χ4n) is 2.10. The standard InChI is InChI=1S/C13H27BN2O5/c1-13(2,3)21-12(18)16-7-4-11(10-16)14(19)20-9-6-15-5-8-17/h11,15,17,19H,4-10H2,1-3H3. The van der Waals surface area contributed by atoms with Crippen LogP contribution in [0.15, 0.2) is 0 Å². The van der Waals surface area contributed by atoms with E-state index in [0.717, 1.165) is 0 Å². The van der Waals surface area contributed by atoms with Crippen LogP contribution in [0.1, 0.15) is 27.2 Å². The Morgan fingerprint density at radius 1 is 1.43 bits per heavy atom. The predicted octanol–water partition coefficient (Wildman–Crippen LogP) is 0.0764. The number of hydrogen-bond donors (Lipinski definition) is 3. The maximum absolute atomic E-state index is 11.9. The Labute approximate surface area is 126 Å². The van der Waals surface area contributed by atoms with Gasteiger partial charge in [-0.3, -0.25) is 0 Å². The zero-order valence-electron chi connectivity index (χ0n) is 13.2. The van der Waals surface area contributed by atoms with Crippen molar-refractivity contribution in [2.24, 2.45) is 0 Å². The van der Waals surface area contributed by atoms with E-state index in [9.17, 15) is 9.82 Å². The number of amides is 1. The second-order valence-electron chi connectivity index (χ2n) is 6.21. The Morgan fingerprint density at radius 2 is 2.14 bits per heavy atom. The van der Waals surface area contributed by atoms with Crippen molar-refractivity contribution in [1.82, 2.24) is 10.2 Å². The number of aliphatic hydroxyl groups excluding tert-OH is 1. The molecular formula is C13H27BN2O5. The van der Waals surface area contributed by atoms with Crippen LogP contribution in [0.25, 0.3) is 0 Å². The summed E-state index contributed by atoms with van der Waals surface area (Å²) in [6, 6.07) is 0. The van der Waals surface area contributed by atoms with Crippen molar-refractivity contribution < 1.29 is 24.3 Å².